The van der Waals surface area contributed by atoms with E-state index in [1.807, 2.05) is 24.3 Å². The van der Waals surface area contributed by atoms with E-state index in [-0.39, 0.29) is 11.3 Å². The lowest BCUT2D eigenvalue weighted by Gasteiger charge is -2.09. The predicted molar refractivity (Wildman–Crippen MR) is 106 cm³/mol. The Labute approximate surface area is 156 Å². The molecule has 0 fully saturated rings. The number of nitrogens with one attached hydrogen (secondary N) is 1. The summed E-state index contributed by atoms with van der Waals surface area (Å²) in [5.74, 6) is 0.637. The number of rotatable bonds is 4. The minimum atomic E-state index is -0.654. The maximum Gasteiger partial charge on any atom is 0.242 e. The molecule has 1 N–H and O–H groups in total. The quantitative estimate of drug-likeness (QED) is 0.647. The fourth-order valence-electron chi connectivity index (χ4n) is 2.65. The zero-order chi connectivity index (χ0) is 18.8. The average Bonchev–Trinajstić information content (AvgIpc) is 2.62. The third-order valence-corrected chi connectivity index (χ3v) is 4.42. The predicted octanol–water partition coefficient (Wildman–Crippen LogP) is 5.15. The zero-order valence-electron chi connectivity index (χ0n) is 14.9. The van der Waals surface area contributed by atoms with Crippen LogP contribution >= 0.6 is 11.6 Å². The van der Waals surface area contributed by atoms with Crippen molar-refractivity contribution in [2.75, 3.05) is 5.32 Å². The summed E-state index contributed by atoms with van der Waals surface area (Å²) in [5, 5.41) is 2.43. The van der Waals surface area contributed by atoms with Crippen LogP contribution in [0.5, 0.6) is 0 Å². The van der Waals surface area contributed by atoms with Crippen molar-refractivity contribution in [3.8, 4) is 11.3 Å². The minimum absolute atomic E-state index is 0.163. The van der Waals surface area contributed by atoms with Gasteiger partial charge in [0.15, 0.2) is 5.43 Å². The molecule has 1 atom stereocenters. The molecule has 0 saturated carbocycles. The van der Waals surface area contributed by atoms with Crippen LogP contribution < -0.4 is 10.7 Å². The van der Waals surface area contributed by atoms with Gasteiger partial charge in [-0.3, -0.25) is 9.59 Å². The molecule has 2 aromatic carbocycles. The highest BCUT2D eigenvalue weighted by Crippen LogP contribution is 2.25. The van der Waals surface area contributed by atoms with E-state index in [0.717, 1.165) is 5.56 Å². The summed E-state index contributed by atoms with van der Waals surface area (Å²) in [6.07, 6.45) is 0. The summed E-state index contributed by atoms with van der Waals surface area (Å²) in [7, 11) is 0. The number of hydrogen-bond donors (Lipinski definition) is 1. The van der Waals surface area contributed by atoms with Crippen LogP contribution in [0.2, 0.25) is 0 Å². The Hall–Kier alpha value is -2.59. The van der Waals surface area contributed by atoms with Gasteiger partial charge in [-0.2, -0.15) is 0 Å². The van der Waals surface area contributed by atoms with Gasteiger partial charge in [-0.25, -0.2) is 0 Å². The number of carbonyl (C=O) groups excluding carboxylic acids is 1. The van der Waals surface area contributed by atoms with Crippen LogP contribution in [0.3, 0.4) is 0 Å². The van der Waals surface area contributed by atoms with Gasteiger partial charge in [0.1, 0.15) is 16.7 Å². The maximum absolute atomic E-state index is 12.5. The van der Waals surface area contributed by atoms with Gasteiger partial charge in [-0.15, -0.1) is 11.6 Å². The van der Waals surface area contributed by atoms with E-state index in [9.17, 15) is 9.59 Å². The fraction of sp³-hybridized carbons (Fsp3) is 0.238. The van der Waals surface area contributed by atoms with Gasteiger partial charge in [0, 0.05) is 17.3 Å². The van der Waals surface area contributed by atoms with E-state index in [1.54, 1.807) is 25.1 Å². The van der Waals surface area contributed by atoms with Crippen LogP contribution in [-0.2, 0) is 4.79 Å². The molecule has 0 spiro atoms. The van der Waals surface area contributed by atoms with Crippen molar-refractivity contribution in [3.05, 3.63) is 64.3 Å². The molecule has 4 nitrogen and oxygen atoms in total. The number of fused-ring (bicyclic) bond motifs is 1. The Kier molecular flexibility index (Phi) is 5.14. The molecule has 1 amide bonds. The normalized spacial score (nSPS) is 12.3. The van der Waals surface area contributed by atoms with E-state index in [0.29, 0.717) is 28.3 Å². The minimum Gasteiger partial charge on any atom is -0.456 e. The molecule has 3 rings (SSSR count). The van der Waals surface area contributed by atoms with Gasteiger partial charge in [-0.1, -0.05) is 38.1 Å². The molecule has 1 heterocycles. The first-order chi connectivity index (χ1) is 12.3. The van der Waals surface area contributed by atoms with Crippen molar-refractivity contribution < 1.29 is 9.21 Å². The Bertz CT molecular complexity index is 1000. The smallest absolute Gasteiger partial charge is 0.242 e. The summed E-state index contributed by atoms with van der Waals surface area (Å²) in [6, 6.07) is 14.4. The third-order valence-electron chi connectivity index (χ3n) is 4.22. The van der Waals surface area contributed by atoms with Gasteiger partial charge in [0.2, 0.25) is 5.91 Å². The molecular formula is C21H20ClNO3. The SMILES string of the molecule is CC(Cl)C(=O)Nc1ccc2oc(-c3ccc(C(C)C)cc3)cc(=O)c2c1. The van der Waals surface area contributed by atoms with Gasteiger partial charge < -0.3 is 9.73 Å². The van der Waals surface area contributed by atoms with Gasteiger partial charge in [-0.05, 0) is 36.6 Å². The van der Waals surface area contributed by atoms with Crippen LogP contribution in [0, 0.1) is 0 Å². The average molecular weight is 370 g/mol. The number of hydrogen-bond acceptors (Lipinski definition) is 3. The van der Waals surface area contributed by atoms with Crippen molar-refractivity contribution in [1.82, 2.24) is 0 Å². The fourth-order valence-corrected chi connectivity index (χ4v) is 2.70. The molecule has 0 saturated heterocycles. The zero-order valence-corrected chi connectivity index (χ0v) is 15.6. The van der Waals surface area contributed by atoms with Crippen LogP contribution in [0.1, 0.15) is 32.3 Å². The monoisotopic (exact) mass is 369 g/mol. The lowest BCUT2D eigenvalue weighted by molar-refractivity contribution is -0.115. The summed E-state index contributed by atoms with van der Waals surface area (Å²) in [4.78, 5) is 24.2. The van der Waals surface area contributed by atoms with Crippen molar-refractivity contribution in [2.45, 2.75) is 32.1 Å². The lowest BCUT2D eigenvalue weighted by atomic mass is 10.0. The highest BCUT2D eigenvalue weighted by molar-refractivity contribution is 6.32. The van der Waals surface area contributed by atoms with E-state index in [2.05, 4.69) is 19.2 Å². The van der Waals surface area contributed by atoms with E-state index < -0.39 is 5.38 Å². The molecule has 1 aromatic heterocycles. The summed E-state index contributed by atoms with van der Waals surface area (Å²) >= 11 is 5.75. The van der Waals surface area contributed by atoms with Crippen molar-refractivity contribution in [2.24, 2.45) is 0 Å². The molecule has 0 bridgehead atoms. The van der Waals surface area contributed by atoms with Gasteiger partial charge >= 0.3 is 0 Å². The topological polar surface area (TPSA) is 59.3 Å². The second kappa shape index (κ2) is 7.34. The first-order valence-electron chi connectivity index (χ1n) is 8.48. The second-order valence-electron chi connectivity index (χ2n) is 6.57. The molecule has 1 unspecified atom stereocenters. The number of alkyl halides is 1. The second-order valence-corrected chi connectivity index (χ2v) is 7.22. The Morgan fingerprint density at radius 2 is 1.73 bits per heavy atom. The highest BCUT2D eigenvalue weighted by atomic mass is 35.5. The molecule has 26 heavy (non-hydrogen) atoms. The van der Waals surface area contributed by atoms with E-state index >= 15 is 0 Å². The van der Waals surface area contributed by atoms with Crippen LogP contribution in [0.4, 0.5) is 5.69 Å². The maximum atomic E-state index is 12.5. The Balaban J connectivity index is 1.98. The highest BCUT2D eigenvalue weighted by Gasteiger charge is 2.12. The van der Waals surface area contributed by atoms with Crippen molar-refractivity contribution >= 4 is 34.2 Å². The van der Waals surface area contributed by atoms with E-state index in [4.69, 9.17) is 16.0 Å². The van der Waals surface area contributed by atoms with Crippen molar-refractivity contribution in [3.63, 3.8) is 0 Å². The number of carbonyl (C=O) groups is 1. The molecule has 134 valence electrons. The molecule has 5 heteroatoms. The van der Waals surface area contributed by atoms with Crippen LogP contribution in [0.25, 0.3) is 22.3 Å². The number of benzene rings is 2. The van der Waals surface area contributed by atoms with Crippen molar-refractivity contribution in [1.29, 1.82) is 0 Å². The first-order valence-corrected chi connectivity index (χ1v) is 8.92. The van der Waals surface area contributed by atoms with Crippen LogP contribution in [0.15, 0.2) is 57.7 Å². The summed E-state index contributed by atoms with van der Waals surface area (Å²) in [6.45, 7) is 5.85. The molecule has 0 radical (unpaired) electrons. The molecule has 0 aliphatic heterocycles. The number of anilines is 1. The first kappa shape index (κ1) is 18.2. The van der Waals surface area contributed by atoms with Gasteiger partial charge in [0.25, 0.3) is 0 Å². The molecule has 0 aliphatic carbocycles. The standard InChI is InChI=1S/C21H20ClNO3/c1-12(2)14-4-6-15(7-5-14)20-11-18(24)17-10-16(8-9-19(17)26-20)23-21(25)13(3)22/h4-13H,1-3H3,(H,23,25). The third kappa shape index (κ3) is 3.81. The summed E-state index contributed by atoms with van der Waals surface area (Å²) < 4.78 is 5.90. The Morgan fingerprint density at radius 1 is 1.04 bits per heavy atom. The largest absolute Gasteiger partial charge is 0.456 e. The summed E-state index contributed by atoms with van der Waals surface area (Å²) in [5.41, 5.74) is 2.89. The molecular weight excluding hydrogens is 350 g/mol. The molecule has 0 aliphatic rings. The molecule has 3 aromatic rings. The Morgan fingerprint density at radius 3 is 2.35 bits per heavy atom. The number of halogens is 1. The van der Waals surface area contributed by atoms with E-state index in [1.165, 1.54) is 11.6 Å². The van der Waals surface area contributed by atoms with Crippen LogP contribution in [-0.4, -0.2) is 11.3 Å². The lowest BCUT2D eigenvalue weighted by Crippen LogP contribution is -2.20. The number of amides is 1. The van der Waals surface area contributed by atoms with Gasteiger partial charge in [0.05, 0.1) is 5.39 Å².